The Morgan fingerprint density at radius 1 is 1.36 bits per heavy atom. The van der Waals surface area contributed by atoms with Gasteiger partial charge in [-0.2, -0.15) is 22.5 Å². The van der Waals surface area contributed by atoms with E-state index in [-0.39, 0.29) is 38.2 Å². The summed E-state index contributed by atoms with van der Waals surface area (Å²) >= 11 is 0. The Bertz CT molecular complexity index is 813. The van der Waals surface area contributed by atoms with Gasteiger partial charge in [0.2, 0.25) is 11.8 Å². The second kappa shape index (κ2) is 7.57. The van der Waals surface area contributed by atoms with E-state index in [9.17, 15) is 27.2 Å². The summed E-state index contributed by atoms with van der Waals surface area (Å²) in [5.74, 6) is -2.81. The van der Waals surface area contributed by atoms with Crippen LogP contribution in [0.1, 0.15) is 13.3 Å². The molecule has 1 aromatic rings. The van der Waals surface area contributed by atoms with Gasteiger partial charge < -0.3 is 19.3 Å². The first kappa shape index (κ1) is 20.4. The van der Waals surface area contributed by atoms with Gasteiger partial charge in [-0.1, -0.05) is 0 Å². The molecule has 0 spiro atoms. The molecule has 1 aromatic heterocycles. The van der Waals surface area contributed by atoms with Crippen molar-refractivity contribution in [3.63, 3.8) is 0 Å². The molecule has 0 N–H and O–H groups in total. The van der Waals surface area contributed by atoms with Crippen molar-refractivity contribution in [2.24, 2.45) is 0 Å². The average Bonchev–Trinajstić information content (AvgIpc) is 2.64. The summed E-state index contributed by atoms with van der Waals surface area (Å²) in [5, 5.41) is 0. The molecule has 156 valence electrons. The smallest absolute Gasteiger partial charge is 0.408 e. The van der Waals surface area contributed by atoms with E-state index in [0.29, 0.717) is 4.90 Å². The third kappa shape index (κ3) is 3.64. The Balaban J connectivity index is 2.13. The Hall–Kier alpha value is -2.37. The van der Waals surface area contributed by atoms with Gasteiger partial charge in [0.1, 0.15) is 12.6 Å². The van der Waals surface area contributed by atoms with Gasteiger partial charge in [0.05, 0.1) is 26.4 Å². The van der Waals surface area contributed by atoms with E-state index in [1.54, 1.807) is 6.92 Å². The lowest BCUT2D eigenvalue weighted by Gasteiger charge is -2.40. The SMILES string of the molecule is COC(=O)CN1c2nc(N3CCOC[C@H]3C)c(F)c(=O)n2CC[C@H]1C(F)(F)F. The first-order valence-electron chi connectivity index (χ1n) is 8.70. The van der Waals surface area contributed by atoms with Crippen LogP contribution in [0.2, 0.25) is 0 Å². The van der Waals surface area contributed by atoms with Gasteiger partial charge in [0.15, 0.2) is 5.82 Å². The lowest BCUT2D eigenvalue weighted by Crippen LogP contribution is -2.55. The quantitative estimate of drug-likeness (QED) is 0.544. The number of hydrogen-bond donors (Lipinski definition) is 0. The predicted octanol–water partition coefficient (Wildman–Crippen LogP) is 0.921. The van der Waals surface area contributed by atoms with Crippen molar-refractivity contribution >= 4 is 17.7 Å². The van der Waals surface area contributed by atoms with Crippen LogP contribution in [0.15, 0.2) is 4.79 Å². The largest absolute Gasteiger partial charge is 0.468 e. The Labute approximate surface area is 157 Å². The summed E-state index contributed by atoms with van der Waals surface area (Å²) < 4.78 is 65.9. The summed E-state index contributed by atoms with van der Waals surface area (Å²) in [6.07, 6.45) is -5.18. The molecule has 1 saturated heterocycles. The molecule has 0 unspecified atom stereocenters. The molecule has 0 bridgehead atoms. The van der Waals surface area contributed by atoms with Crippen molar-refractivity contribution in [3.8, 4) is 0 Å². The van der Waals surface area contributed by atoms with E-state index in [1.807, 2.05) is 0 Å². The van der Waals surface area contributed by atoms with Gasteiger partial charge in [0, 0.05) is 13.1 Å². The molecule has 12 heteroatoms. The van der Waals surface area contributed by atoms with Crippen LogP contribution in [0.4, 0.5) is 29.3 Å². The molecule has 8 nitrogen and oxygen atoms in total. The van der Waals surface area contributed by atoms with Crippen LogP contribution in [0, 0.1) is 5.82 Å². The highest BCUT2D eigenvalue weighted by Crippen LogP contribution is 2.34. The van der Waals surface area contributed by atoms with Gasteiger partial charge in [0.25, 0.3) is 5.56 Å². The number of aromatic nitrogens is 2. The highest BCUT2D eigenvalue weighted by molar-refractivity contribution is 5.75. The number of ether oxygens (including phenoxy) is 2. The number of anilines is 2. The molecule has 0 amide bonds. The monoisotopic (exact) mass is 408 g/mol. The van der Waals surface area contributed by atoms with Gasteiger partial charge in [-0.05, 0) is 13.3 Å². The predicted molar refractivity (Wildman–Crippen MR) is 89.9 cm³/mol. The zero-order valence-corrected chi connectivity index (χ0v) is 15.3. The summed E-state index contributed by atoms with van der Waals surface area (Å²) in [4.78, 5) is 30.4. The van der Waals surface area contributed by atoms with Crippen molar-refractivity contribution < 1.29 is 31.8 Å². The molecule has 2 aliphatic heterocycles. The fourth-order valence-corrected chi connectivity index (χ4v) is 3.43. The van der Waals surface area contributed by atoms with Gasteiger partial charge in [-0.25, -0.2) is 0 Å². The van der Waals surface area contributed by atoms with Crippen molar-refractivity contribution in [1.29, 1.82) is 0 Å². The molecule has 0 aromatic carbocycles. The molecule has 2 atom stereocenters. The topological polar surface area (TPSA) is 76.9 Å². The number of esters is 1. The molecular weight excluding hydrogens is 388 g/mol. The highest BCUT2D eigenvalue weighted by Gasteiger charge is 2.48. The molecule has 0 aliphatic carbocycles. The Morgan fingerprint density at radius 2 is 2.07 bits per heavy atom. The fourth-order valence-electron chi connectivity index (χ4n) is 3.43. The first-order valence-corrected chi connectivity index (χ1v) is 8.70. The van der Waals surface area contributed by atoms with Crippen molar-refractivity contribution in [3.05, 3.63) is 16.2 Å². The van der Waals surface area contributed by atoms with Crippen LogP contribution in [-0.2, 0) is 20.8 Å². The molecule has 0 saturated carbocycles. The van der Waals surface area contributed by atoms with Gasteiger partial charge >= 0.3 is 12.1 Å². The molecule has 3 rings (SSSR count). The Morgan fingerprint density at radius 3 is 2.68 bits per heavy atom. The van der Waals surface area contributed by atoms with Crippen LogP contribution < -0.4 is 15.4 Å². The number of nitrogens with zero attached hydrogens (tertiary/aromatic N) is 4. The minimum absolute atomic E-state index is 0.230. The fraction of sp³-hybridized carbons (Fsp3) is 0.688. The zero-order chi connectivity index (χ0) is 20.6. The van der Waals surface area contributed by atoms with Crippen molar-refractivity contribution in [2.75, 3.05) is 43.2 Å². The summed E-state index contributed by atoms with van der Waals surface area (Å²) in [5.41, 5.74) is -1.07. The minimum atomic E-state index is -4.67. The maximum Gasteiger partial charge on any atom is 0.408 e. The van der Waals surface area contributed by atoms with Crippen LogP contribution in [0.5, 0.6) is 0 Å². The second-order valence-corrected chi connectivity index (χ2v) is 6.67. The van der Waals surface area contributed by atoms with E-state index in [2.05, 4.69) is 9.72 Å². The van der Waals surface area contributed by atoms with Crippen LogP contribution in [0.3, 0.4) is 0 Å². The number of alkyl halides is 3. The maximum absolute atomic E-state index is 14.7. The van der Waals surface area contributed by atoms with E-state index in [1.165, 1.54) is 4.90 Å². The van der Waals surface area contributed by atoms with E-state index in [0.717, 1.165) is 11.7 Å². The number of halogens is 4. The van der Waals surface area contributed by atoms with Crippen molar-refractivity contribution in [2.45, 2.75) is 38.1 Å². The summed E-state index contributed by atoms with van der Waals surface area (Å²) in [6.45, 7) is 1.35. The van der Waals surface area contributed by atoms with E-state index >= 15 is 0 Å². The Kier molecular flexibility index (Phi) is 5.50. The van der Waals surface area contributed by atoms with E-state index < -0.39 is 48.5 Å². The number of methoxy groups -OCH3 is 1. The molecule has 0 radical (unpaired) electrons. The van der Waals surface area contributed by atoms with Crippen molar-refractivity contribution in [1.82, 2.24) is 9.55 Å². The molecule has 28 heavy (non-hydrogen) atoms. The molecule has 3 heterocycles. The second-order valence-electron chi connectivity index (χ2n) is 6.67. The zero-order valence-electron chi connectivity index (χ0n) is 15.3. The first-order chi connectivity index (χ1) is 13.1. The van der Waals surface area contributed by atoms with E-state index in [4.69, 9.17) is 4.74 Å². The maximum atomic E-state index is 14.7. The standard InChI is InChI=1S/C16H20F4N4O4/c1-9-8-28-6-5-22(9)13-12(17)14(26)23-4-3-10(16(18,19)20)24(15(23)21-13)7-11(25)27-2/h9-10H,3-8H2,1-2H3/t9-,10+/m1/s1. The minimum Gasteiger partial charge on any atom is -0.468 e. The average molecular weight is 408 g/mol. The third-order valence-corrected chi connectivity index (χ3v) is 4.88. The third-order valence-electron chi connectivity index (χ3n) is 4.88. The molecule has 2 aliphatic rings. The number of carbonyl (C=O) groups is 1. The lowest BCUT2D eigenvalue weighted by atomic mass is 10.1. The van der Waals surface area contributed by atoms with Gasteiger partial charge in [-0.15, -0.1) is 0 Å². The number of morpholine rings is 1. The van der Waals surface area contributed by atoms with Crippen LogP contribution >= 0.6 is 0 Å². The number of carbonyl (C=O) groups excluding carboxylic acids is 1. The highest BCUT2D eigenvalue weighted by atomic mass is 19.4. The van der Waals surface area contributed by atoms with Crippen LogP contribution in [0.25, 0.3) is 0 Å². The molecular formula is C16H20F4N4O4. The summed E-state index contributed by atoms with van der Waals surface area (Å²) in [7, 11) is 1.04. The summed E-state index contributed by atoms with van der Waals surface area (Å²) in [6, 6.07) is -2.37. The lowest BCUT2D eigenvalue weighted by molar-refractivity contribution is -0.155. The molecule has 1 fully saturated rings. The number of fused-ring (bicyclic) bond motifs is 1. The van der Waals surface area contributed by atoms with Crippen LogP contribution in [-0.4, -0.2) is 67.2 Å². The van der Waals surface area contributed by atoms with Gasteiger partial charge in [-0.3, -0.25) is 14.2 Å². The normalized spacial score (nSPS) is 22.8. The number of rotatable bonds is 3. The number of hydrogen-bond acceptors (Lipinski definition) is 7.